The lowest BCUT2D eigenvalue weighted by atomic mass is 10.5. The number of azo groups is 1. The summed E-state index contributed by atoms with van der Waals surface area (Å²) in [6.45, 7) is 8.60. The van der Waals surface area contributed by atoms with Crippen LogP contribution in [0.3, 0.4) is 0 Å². The Kier molecular flexibility index (Phi) is 538. The monoisotopic (exact) mass is 439 g/mol. The number of rotatable bonds is 1. The average Bonchev–Trinajstić information content (AvgIpc) is 3.05. The quantitative estimate of drug-likeness (QED) is 0.0600. The van der Waals surface area contributed by atoms with Crippen molar-refractivity contribution >= 4 is 18.2 Å². The molecule has 19 heteroatoms. The van der Waals surface area contributed by atoms with Crippen molar-refractivity contribution in [2.45, 2.75) is 13.3 Å². The molecule has 0 aliphatic carbocycles. The van der Waals surface area contributed by atoms with E-state index in [1.54, 1.807) is 4.91 Å². The largest absolute Gasteiger partial charge is 0.412 e. The minimum Gasteiger partial charge on any atom is -0.412 e. The number of nitrogens with two attached hydrogens (primary N) is 1. The maximum atomic E-state index is 9.87. The first-order valence-electron chi connectivity index (χ1n) is 5.48. The molecule has 1 aliphatic rings. The summed E-state index contributed by atoms with van der Waals surface area (Å²) >= 11 is 0. The van der Waals surface area contributed by atoms with Crippen molar-refractivity contribution in [3.05, 3.63) is 23.6 Å². The van der Waals surface area contributed by atoms with E-state index in [-0.39, 0.29) is 40.2 Å². The van der Waals surface area contributed by atoms with Crippen molar-refractivity contribution in [1.29, 1.82) is 16.3 Å². The molecule has 0 atom stereocenters. The van der Waals surface area contributed by atoms with E-state index in [4.69, 9.17) is 36.6 Å². The fourth-order valence-corrected chi connectivity index (χ4v) is 0.238. The van der Waals surface area contributed by atoms with Crippen LogP contribution in [0.15, 0.2) is 23.4 Å². The number of amides is 2. The third-order valence-corrected chi connectivity index (χ3v) is 0.686. The number of hydrogen-bond donors (Lipinski definition) is 8. The van der Waals surface area contributed by atoms with Crippen LogP contribution in [0.25, 0.3) is 10.4 Å². The number of isocyanates is 2. The topological polar surface area (TPSA) is 438 Å². The molecule has 29 heavy (non-hydrogen) atoms. The summed E-state index contributed by atoms with van der Waals surface area (Å²) in [4.78, 5) is 28.3. The van der Waals surface area contributed by atoms with Crippen molar-refractivity contribution in [3.63, 3.8) is 0 Å². The molecule has 0 fully saturated rings. The molecule has 0 aromatic carbocycles. The van der Waals surface area contributed by atoms with E-state index in [9.17, 15) is 4.79 Å². The van der Waals surface area contributed by atoms with Gasteiger partial charge in [-0.3, -0.25) is 0 Å². The van der Waals surface area contributed by atoms with Gasteiger partial charge in [-0.15, -0.1) is 18.7 Å². The second-order valence-electron chi connectivity index (χ2n) is 1.91. The van der Waals surface area contributed by atoms with Gasteiger partial charge >= 0.3 is 6.03 Å². The zero-order chi connectivity index (χ0) is 19.9. The zero-order valence-corrected chi connectivity index (χ0v) is 16.5. The van der Waals surface area contributed by atoms with Gasteiger partial charge < -0.3 is 50.4 Å². The first-order chi connectivity index (χ1) is 11.1. The van der Waals surface area contributed by atoms with E-state index >= 15 is 0 Å². The van der Waals surface area contributed by atoms with Crippen LogP contribution in [0.2, 0.25) is 0 Å². The van der Waals surface area contributed by atoms with Gasteiger partial charge in [-0.05, 0) is 23.9 Å². The van der Waals surface area contributed by atoms with Crippen molar-refractivity contribution in [1.82, 2.24) is 17.6 Å². The van der Waals surface area contributed by atoms with E-state index in [1.807, 2.05) is 6.92 Å². The van der Waals surface area contributed by atoms with Gasteiger partial charge in [0, 0.05) is 6.61 Å². The molecule has 180 valence electrons. The van der Waals surface area contributed by atoms with E-state index in [0.29, 0.717) is 13.3 Å². The molecule has 0 aromatic rings. The van der Waals surface area contributed by atoms with Gasteiger partial charge in [0.1, 0.15) is 6.67 Å². The Morgan fingerprint density at radius 3 is 1.41 bits per heavy atom. The van der Waals surface area contributed by atoms with Gasteiger partial charge in [-0.1, -0.05) is 12.0 Å². The SMILES string of the molecule is C=C.CCCO.CN.N.N.N=C=O.N=C=O.O.O.O.O.O=C1N=NCN1.[N-]=[N+]=N. The molecule has 0 saturated carbocycles. The number of nitrogens with one attached hydrogen (secondary N) is 4. The lowest BCUT2D eigenvalue weighted by molar-refractivity contribution is 0.252. The number of carbonyl (C=O) groups is 1. The first kappa shape index (κ1) is 83.8. The van der Waals surface area contributed by atoms with Crippen LogP contribution in [-0.4, -0.2) is 65.5 Å². The Balaban J connectivity index is -0.0000000117. The number of urea groups is 1. The fraction of sp³-hybridized carbons (Fsp3) is 0.500. The van der Waals surface area contributed by atoms with Crippen LogP contribution in [0.4, 0.5) is 4.79 Å². The molecular weight excluding hydrogens is 402 g/mol. The molecule has 0 saturated heterocycles. The van der Waals surface area contributed by atoms with Gasteiger partial charge in [0.15, 0.2) is 0 Å². The second-order valence-corrected chi connectivity index (χ2v) is 1.91. The number of aliphatic hydroxyl groups excluding tert-OH is 1. The van der Waals surface area contributed by atoms with Crippen molar-refractivity contribution in [2.24, 2.45) is 16.0 Å². The summed E-state index contributed by atoms with van der Waals surface area (Å²) in [5.74, 6) is 0. The lowest BCUT2D eigenvalue weighted by Crippen LogP contribution is -2.11. The standard InChI is InChI=1S/C3H8O.C2H3N3O.C2H4.2CHNO.CH5N.HN3.2H3N.4H2O/c1-2-3-4;6-2-3-1-4-5-2;1-2;2*2-1-3;1-2;1-3-2;;;;;;/h4H,2-3H2,1H3;1H2,(H,3,6);1-2H2;2*2H;2H2,1H3;1H;2*1H3;4*1H2. The number of carbonyl (C=O) groups excluding carboxylic acids is 3. The second kappa shape index (κ2) is 186. The normalized spacial score (nSPS) is 6.00. The zero-order valence-electron chi connectivity index (χ0n) is 16.5. The summed E-state index contributed by atoms with van der Waals surface area (Å²) in [7, 11) is 1.50. The van der Waals surface area contributed by atoms with E-state index in [0.717, 1.165) is 18.6 Å². The highest BCUT2D eigenvalue weighted by Gasteiger charge is 1.99. The Hall–Kier alpha value is -3.44. The van der Waals surface area contributed by atoms with Crippen LogP contribution in [0, 0.1) is 16.3 Å². The molecule has 19 nitrogen and oxygen atoms in total. The third kappa shape index (κ3) is 601. The molecule has 0 aromatic heterocycles. The van der Waals surface area contributed by atoms with Crippen LogP contribution in [0.1, 0.15) is 13.3 Å². The molecule has 2 amide bonds. The molecule has 1 heterocycles. The van der Waals surface area contributed by atoms with E-state index in [1.165, 1.54) is 7.05 Å². The molecular formula is C10H37N11O8. The van der Waals surface area contributed by atoms with Crippen LogP contribution in [0.5, 0.6) is 0 Å². The highest BCUT2D eigenvalue weighted by molar-refractivity contribution is 5.75. The maximum Gasteiger partial charge on any atom is 0.360 e. The Bertz CT molecular complexity index is 323. The molecule has 21 N–H and O–H groups in total. The summed E-state index contributed by atoms with van der Waals surface area (Å²) in [5.41, 5.74) is 16.8. The number of nitrogens with zero attached hydrogens (tertiary/aromatic N) is 4. The summed E-state index contributed by atoms with van der Waals surface area (Å²) < 4.78 is 0. The predicted octanol–water partition coefficient (Wildman–Crippen LogP) is -1.41. The predicted molar refractivity (Wildman–Crippen MR) is 108 cm³/mol. The van der Waals surface area contributed by atoms with Crippen molar-refractivity contribution in [3.8, 4) is 0 Å². The minimum atomic E-state index is -0.338. The Morgan fingerprint density at radius 2 is 1.38 bits per heavy atom. The Morgan fingerprint density at radius 1 is 1.17 bits per heavy atom. The van der Waals surface area contributed by atoms with Gasteiger partial charge in [-0.2, -0.15) is 5.11 Å². The van der Waals surface area contributed by atoms with E-state index < -0.39 is 0 Å². The summed E-state index contributed by atoms with van der Waals surface area (Å²) in [6, 6.07) is -0.338. The molecule has 0 spiro atoms. The average molecular weight is 439 g/mol. The molecule has 0 unspecified atom stereocenters. The highest BCUT2D eigenvalue weighted by atomic mass is 16.2. The summed E-state index contributed by atoms with van der Waals surface area (Å²) in [5, 5.41) is 27.5. The highest BCUT2D eigenvalue weighted by Crippen LogP contribution is 1.83. The third-order valence-electron chi connectivity index (χ3n) is 0.686. The molecule has 0 bridgehead atoms. The van der Waals surface area contributed by atoms with Gasteiger partial charge in [0.2, 0.25) is 12.2 Å². The van der Waals surface area contributed by atoms with Gasteiger partial charge in [0.05, 0.1) is 0 Å². The molecule has 0 radical (unpaired) electrons. The van der Waals surface area contributed by atoms with E-state index in [2.05, 4.69) is 34.4 Å². The smallest absolute Gasteiger partial charge is 0.360 e. The van der Waals surface area contributed by atoms with Gasteiger partial charge in [-0.25, -0.2) is 25.2 Å². The minimum absolute atomic E-state index is 0. The van der Waals surface area contributed by atoms with Crippen molar-refractivity contribution in [2.75, 3.05) is 20.3 Å². The molecule has 1 aliphatic heterocycles. The van der Waals surface area contributed by atoms with Crippen molar-refractivity contribution < 1.29 is 41.4 Å². The van der Waals surface area contributed by atoms with Gasteiger partial charge in [0.25, 0.3) is 0 Å². The molecule has 1 rings (SSSR count). The summed E-state index contributed by atoms with van der Waals surface area (Å²) in [6.07, 6.45) is 2.38. The number of aliphatic hydroxyl groups is 1. The van der Waals surface area contributed by atoms with Crippen LogP contribution >= 0.6 is 0 Å². The van der Waals surface area contributed by atoms with Crippen LogP contribution in [-0.2, 0) is 9.59 Å². The first-order valence-corrected chi connectivity index (χ1v) is 5.48. The Labute approximate surface area is 167 Å². The maximum absolute atomic E-state index is 9.87. The lowest BCUT2D eigenvalue weighted by Gasteiger charge is -1.75. The fourth-order valence-electron chi connectivity index (χ4n) is 0.238. The number of hydrogen-bond acceptors (Lipinski definition) is 11. The van der Waals surface area contributed by atoms with Crippen LogP contribution < -0.4 is 23.4 Å².